The molecule has 3 aromatic rings. The van der Waals surface area contributed by atoms with Crippen LogP contribution in [0.25, 0.3) is 0 Å². The lowest BCUT2D eigenvalue weighted by Crippen LogP contribution is -2.17. The van der Waals surface area contributed by atoms with Crippen molar-refractivity contribution < 1.29 is 0 Å². The van der Waals surface area contributed by atoms with Crippen LogP contribution >= 0.6 is 11.3 Å². The third kappa shape index (κ3) is 3.91. The average molecular weight is 338 g/mol. The van der Waals surface area contributed by atoms with Crippen molar-refractivity contribution in [2.24, 2.45) is 0 Å². The molecule has 0 amide bonds. The van der Waals surface area contributed by atoms with E-state index in [2.05, 4.69) is 52.9 Å². The molecule has 2 heterocycles. The highest BCUT2D eigenvalue weighted by Gasteiger charge is 2.26. The zero-order chi connectivity index (χ0) is 16.4. The van der Waals surface area contributed by atoms with E-state index in [9.17, 15) is 0 Å². The van der Waals surface area contributed by atoms with Gasteiger partial charge >= 0.3 is 0 Å². The summed E-state index contributed by atoms with van der Waals surface area (Å²) < 4.78 is 2.01. The van der Waals surface area contributed by atoms with Crippen LogP contribution in [0.2, 0.25) is 0 Å². The Morgan fingerprint density at radius 3 is 2.79 bits per heavy atom. The molecule has 1 fully saturated rings. The highest BCUT2D eigenvalue weighted by atomic mass is 32.1. The highest BCUT2D eigenvalue weighted by molar-refractivity contribution is 7.09. The van der Waals surface area contributed by atoms with Gasteiger partial charge in [0, 0.05) is 36.1 Å². The molecule has 1 aromatic carbocycles. The van der Waals surface area contributed by atoms with E-state index < -0.39 is 0 Å². The summed E-state index contributed by atoms with van der Waals surface area (Å²) in [5, 5.41) is 8.02. The molecule has 4 rings (SSSR count). The fourth-order valence-corrected chi connectivity index (χ4v) is 3.88. The second kappa shape index (κ2) is 6.87. The van der Waals surface area contributed by atoms with Crippen LogP contribution in [0.15, 0.2) is 48.1 Å². The molecular weight excluding hydrogens is 316 g/mol. The lowest BCUT2D eigenvalue weighted by Gasteiger charge is -2.13. The molecule has 2 aromatic heterocycles. The molecule has 24 heavy (non-hydrogen) atoms. The molecule has 0 aliphatic heterocycles. The molecular formula is C19H22N4S. The normalized spacial score (nSPS) is 14.4. The predicted molar refractivity (Wildman–Crippen MR) is 97.0 cm³/mol. The first kappa shape index (κ1) is 15.5. The summed E-state index contributed by atoms with van der Waals surface area (Å²) in [7, 11) is 2.14. The van der Waals surface area contributed by atoms with Crippen molar-refractivity contribution in [3.8, 4) is 0 Å². The first-order chi connectivity index (χ1) is 11.8. The van der Waals surface area contributed by atoms with E-state index in [-0.39, 0.29) is 0 Å². The quantitative estimate of drug-likeness (QED) is 0.655. The van der Waals surface area contributed by atoms with E-state index in [0.717, 1.165) is 25.6 Å². The van der Waals surface area contributed by atoms with Crippen molar-refractivity contribution in [1.29, 1.82) is 0 Å². The molecule has 0 bridgehead atoms. The van der Waals surface area contributed by atoms with E-state index in [0.29, 0.717) is 0 Å². The average Bonchev–Trinajstić information content (AvgIpc) is 3.18. The minimum atomic E-state index is 0.755. The standard InChI is InChI=1S/C19H22N4S/c1-22(13-18-14-24-19(21-18)17-7-8-17)10-16-9-20-23(12-16)11-15-5-3-2-4-6-15/h2-6,9,12,14,17H,7-8,10-11,13H2,1H3. The molecule has 4 nitrogen and oxygen atoms in total. The van der Waals surface area contributed by atoms with E-state index in [4.69, 9.17) is 4.98 Å². The summed E-state index contributed by atoms with van der Waals surface area (Å²) in [5.41, 5.74) is 3.71. The molecule has 0 atom stereocenters. The molecule has 1 aliphatic rings. The number of aromatic nitrogens is 3. The van der Waals surface area contributed by atoms with Crippen molar-refractivity contribution in [3.05, 3.63) is 69.9 Å². The van der Waals surface area contributed by atoms with Gasteiger partial charge in [-0.25, -0.2) is 4.98 Å². The maximum Gasteiger partial charge on any atom is 0.0959 e. The van der Waals surface area contributed by atoms with E-state index in [1.165, 1.54) is 34.7 Å². The molecule has 0 radical (unpaired) electrons. The van der Waals surface area contributed by atoms with Crippen LogP contribution in [0.3, 0.4) is 0 Å². The van der Waals surface area contributed by atoms with Gasteiger partial charge in [-0.05, 0) is 25.5 Å². The van der Waals surface area contributed by atoms with E-state index in [1.54, 1.807) is 0 Å². The monoisotopic (exact) mass is 338 g/mol. The Morgan fingerprint density at radius 1 is 1.17 bits per heavy atom. The van der Waals surface area contributed by atoms with Gasteiger partial charge in [0.15, 0.2) is 0 Å². The van der Waals surface area contributed by atoms with Gasteiger partial charge in [-0.1, -0.05) is 30.3 Å². The Kier molecular flexibility index (Phi) is 4.45. The Balaban J connectivity index is 1.32. The summed E-state index contributed by atoms with van der Waals surface area (Å²) in [4.78, 5) is 7.07. The van der Waals surface area contributed by atoms with Gasteiger partial charge in [-0.2, -0.15) is 5.10 Å². The van der Waals surface area contributed by atoms with Crippen LogP contribution in [0, 0.1) is 0 Å². The SMILES string of the molecule is CN(Cc1cnn(Cc2ccccc2)c1)Cc1csc(C2CC2)n1. The zero-order valence-electron chi connectivity index (χ0n) is 13.9. The van der Waals surface area contributed by atoms with E-state index in [1.807, 2.05) is 28.3 Å². The number of benzene rings is 1. The Bertz CT molecular complexity index is 789. The molecule has 0 N–H and O–H groups in total. The lowest BCUT2D eigenvalue weighted by molar-refractivity contribution is 0.315. The third-order valence-electron chi connectivity index (χ3n) is 4.25. The predicted octanol–water partition coefficient (Wildman–Crippen LogP) is 3.90. The molecule has 0 spiro atoms. The van der Waals surface area contributed by atoms with Crippen LogP contribution < -0.4 is 0 Å². The molecule has 0 unspecified atom stereocenters. The van der Waals surface area contributed by atoms with Gasteiger partial charge in [-0.3, -0.25) is 9.58 Å². The topological polar surface area (TPSA) is 34.0 Å². The summed E-state index contributed by atoms with van der Waals surface area (Å²) in [6.07, 6.45) is 6.75. The van der Waals surface area contributed by atoms with Crippen molar-refractivity contribution in [2.75, 3.05) is 7.05 Å². The number of hydrogen-bond donors (Lipinski definition) is 0. The Hall–Kier alpha value is -1.98. The Labute approximate surface area is 146 Å². The van der Waals surface area contributed by atoms with Gasteiger partial charge in [0.25, 0.3) is 0 Å². The summed E-state index contributed by atoms with van der Waals surface area (Å²) in [6, 6.07) is 10.4. The van der Waals surface area contributed by atoms with Crippen LogP contribution in [0.4, 0.5) is 0 Å². The van der Waals surface area contributed by atoms with Gasteiger partial charge < -0.3 is 0 Å². The fourth-order valence-electron chi connectivity index (χ4n) is 2.90. The summed E-state index contributed by atoms with van der Waals surface area (Å²) >= 11 is 1.82. The lowest BCUT2D eigenvalue weighted by atomic mass is 10.2. The zero-order valence-corrected chi connectivity index (χ0v) is 14.7. The van der Waals surface area contributed by atoms with E-state index >= 15 is 0 Å². The van der Waals surface area contributed by atoms with Gasteiger partial charge in [0.05, 0.1) is 23.4 Å². The first-order valence-corrected chi connectivity index (χ1v) is 9.32. The van der Waals surface area contributed by atoms with Crippen molar-refractivity contribution in [3.63, 3.8) is 0 Å². The van der Waals surface area contributed by atoms with Crippen molar-refractivity contribution >= 4 is 11.3 Å². The highest BCUT2D eigenvalue weighted by Crippen LogP contribution is 2.41. The smallest absolute Gasteiger partial charge is 0.0959 e. The summed E-state index contributed by atoms with van der Waals surface area (Å²) in [6.45, 7) is 2.61. The van der Waals surface area contributed by atoms with Crippen LogP contribution in [0.1, 0.15) is 40.6 Å². The van der Waals surface area contributed by atoms with Crippen LogP contribution in [-0.2, 0) is 19.6 Å². The maximum atomic E-state index is 4.77. The number of hydrogen-bond acceptors (Lipinski definition) is 4. The van der Waals surface area contributed by atoms with Gasteiger partial charge in [0.1, 0.15) is 0 Å². The fraction of sp³-hybridized carbons (Fsp3) is 0.368. The van der Waals surface area contributed by atoms with Crippen LogP contribution in [0.5, 0.6) is 0 Å². The van der Waals surface area contributed by atoms with Crippen molar-refractivity contribution in [2.45, 2.75) is 38.4 Å². The molecule has 1 aliphatic carbocycles. The van der Waals surface area contributed by atoms with Gasteiger partial charge in [0.2, 0.25) is 0 Å². The minimum Gasteiger partial charge on any atom is -0.296 e. The first-order valence-electron chi connectivity index (χ1n) is 8.44. The van der Waals surface area contributed by atoms with Gasteiger partial charge in [-0.15, -0.1) is 11.3 Å². The third-order valence-corrected chi connectivity index (χ3v) is 5.31. The largest absolute Gasteiger partial charge is 0.296 e. The maximum absolute atomic E-state index is 4.77. The summed E-state index contributed by atoms with van der Waals surface area (Å²) in [5.74, 6) is 0.755. The van der Waals surface area contributed by atoms with Crippen LogP contribution in [-0.4, -0.2) is 26.7 Å². The number of rotatable bonds is 7. The number of thiazole rings is 1. The molecule has 5 heteroatoms. The molecule has 1 saturated carbocycles. The number of nitrogens with zero attached hydrogens (tertiary/aromatic N) is 4. The molecule has 0 saturated heterocycles. The Morgan fingerprint density at radius 2 is 2.00 bits per heavy atom. The second-order valence-electron chi connectivity index (χ2n) is 6.66. The minimum absolute atomic E-state index is 0.755. The second-order valence-corrected chi connectivity index (χ2v) is 7.55. The molecule has 124 valence electrons. The van der Waals surface area contributed by atoms with Crippen molar-refractivity contribution in [1.82, 2.24) is 19.7 Å².